The monoisotopic (exact) mass is 143 g/mol. The van der Waals surface area contributed by atoms with Crippen LogP contribution < -0.4 is 5.73 Å². The van der Waals surface area contributed by atoms with E-state index in [0.29, 0.717) is 6.61 Å². The molecule has 2 heterocycles. The first-order valence-electron chi connectivity index (χ1n) is 3.78. The quantitative estimate of drug-likeness (QED) is 0.514. The number of hydrogen-bond donors (Lipinski definition) is 1. The lowest BCUT2D eigenvalue weighted by Crippen LogP contribution is -2.56. The smallest absolute Gasteiger partial charge is 0.115 e. The first-order chi connectivity index (χ1) is 4.81. The van der Waals surface area contributed by atoms with E-state index in [0.717, 1.165) is 26.1 Å². The van der Waals surface area contributed by atoms with Gasteiger partial charge in [-0.3, -0.25) is 0 Å². The number of rotatable bonds is 0. The van der Waals surface area contributed by atoms with Crippen LogP contribution in [-0.4, -0.2) is 31.5 Å². The van der Waals surface area contributed by atoms with Gasteiger partial charge in [-0.1, -0.05) is 0 Å². The van der Waals surface area contributed by atoms with Crippen LogP contribution in [0.5, 0.6) is 0 Å². The standard InChI is InChI=1S/C7H13NO2/c8-6-1-2-7(10-3-6)4-9-5-7/h6H,1-5,8H2. The lowest BCUT2D eigenvalue weighted by atomic mass is 9.91. The van der Waals surface area contributed by atoms with E-state index in [2.05, 4.69) is 0 Å². The van der Waals surface area contributed by atoms with Crippen LogP contribution in [0.2, 0.25) is 0 Å². The summed E-state index contributed by atoms with van der Waals surface area (Å²) in [5.74, 6) is 0. The van der Waals surface area contributed by atoms with Crippen molar-refractivity contribution in [1.82, 2.24) is 0 Å². The van der Waals surface area contributed by atoms with Gasteiger partial charge in [0.2, 0.25) is 0 Å². The van der Waals surface area contributed by atoms with Crippen LogP contribution in [-0.2, 0) is 9.47 Å². The number of ether oxygens (including phenoxy) is 2. The molecule has 2 rings (SSSR count). The normalized spacial score (nSPS) is 37.5. The molecule has 58 valence electrons. The molecule has 2 saturated heterocycles. The summed E-state index contributed by atoms with van der Waals surface area (Å²) >= 11 is 0. The topological polar surface area (TPSA) is 44.5 Å². The molecule has 2 aliphatic heterocycles. The van der Waals surface area contributed by atoms with Crippen molar-refractivity contribution in [1.29, 1.82) is 0 Å². The van der Waals surface area contributed by atoms with E-state index < -0.39 is 0 Å². The van der Waals surface area contributed by atoms with Crippen LogP contribution in [0.3, 0.4) is 0 Å². The largest absolute Gasteiger partial charge is 0.375 e. The first-order valence-corrected chi connectivity index (χ1v) is 3.78. The van der Waals surface area contributed by atoms with Gasteiger partial charge in [-0.25, -0.2) is 0 Å². The van der Waals surface area contributed by atoms with Crippen LogP contribution in [0.1, 0.15) is 12.8 Å². The van der Waals surface area contributed by atoms with Crippen molar-refractivity contribution in [2.75, 3.05) is 19.8 Å². The molecule has 2 aliphatic rings. The summed E-state index contributed by atoms with van der Waals surface area (Å²) in [6.45, 7) is 2.27. The molecular weight excluding hydrogens is 130 g/mol. The molecule has 0 aromatic heterocycles. The zero-order chi connectivity index (χ0) is 7.03. The average Bonchev–Trinajstić information content (AvgIpc) is 1.86. The van der Waals surface area contributed by atoms with Gasteiger partial charge in [-0.05, 0) is 12.8 Å². The molecule has 0 bridgehead atoms. The molecule has 3 heteroatoms. The van der Waals surface area contributed by atoms with Crippen LogP contribution >= 0.6 is 0 Å². The summed E-state index contributed by atoms with van der Waals surface area (Å²) in [4.78, 5) is 0. The zero-order valence-electron chi connectivity index (χ0n) is 6.01. The molecule has 1 spiro atoms. The molecule has 2 fully saturated rings. The molecule has 3 nitrogen and oxygen atoms in total. The van der Waals surface area contributed by atoms with E-state index in [1.54, 1.807) is 0 Å². The van der Waals surface area contributed by atoms with Crippen LogP contribution in [0.15, 0.2) is 0 Å². The van der Waals surface area contributed by atoms with Gasteiger partial charge in [-0.2, -0.15) is 0 Å². The van der Waals surface area contributed by atoms with E-state index in [1.165, 1.54) is 0 Å². The third-order valence-electron chi connectivity index (χ3n) is 2.30. The lowest BCUT2D eigenvalue weighted by molar-refractivity contribution is -0.228. The van der Waals surface area contributed by atoms with Crippen molar-refractivity contribution in [2.24, 2.45) is 5.73 Å². The van der Waals surface area contributed by atoms with E-state index in [9.17, 15) is 0 Å². The third-order valence-corrected chi connectivity index (χ3v) is 2.30. The minimum absolute atomic E-state index is 0.0792. The van der Waals surface area contributed by atoms with Gasteiger partial charge in [0.15, 0.2) is 0 Å². The Morgan fingerprint density at radius 1 is 1.40 bits per heavy atom. The van der Waals surface area contributed by atoms with E-state index in [4.69, 9.17) is 15.2 Å². The Morgan fingerprint density at radius 2 is 2.20 bits per heavy atom. The molecule has 0 aromatic carbocycles. The highest BCUT2D eigenvalue weighted by molar-refractivity contribution is 4.92. The fraction of sp³-hybridized carbons (Fsp3) is 1.00. The average molecular weight is 143 g/mol. The molecule has 0 aliphatic carbocycles. The summed E-state index contributed by atoms with van der Waals surface area (Å²) < 4.78 is 10.6. The molecule has 0 saturated carbocycles. The van der Waals surface area contributed by atoms with Crippen LogP contribution in [0.4, 0.5) is 0 Å². The highest BCUT2D eigenvalue weighted by Gasteiger charge is 2.42. The van der Waals surface area contributed by atoms with Gasteiger partial charge in [0.1, 0.15) is 5.60 Å². The molecule has 0 amide bonds. The van der Waals surface area contributed by atoms with Crippen molar-refractivity contribution in [3.05, 3.63) is 0 Å². The van der Waals surface area contributed by atoms with Crippen molar-refractivity contribution >= 4 is 0 Å². The highest BCUT2D eigenvalue weighted by atomic mass is 16.6. The first kappa shape index (κ1) is 6.58. The third kappa shape index (κ3) is 0.944. The maximum atomic E-state index is 5.67. The molecule has 0 aromatic rings. The van der Waals surface area contributed by atoms with Gasteiger partial charge in [0.25, 0.3) is 0 Å². The van der Waals surface area contributed by atoms with Crippen molar-refractivity contribution in [2.45, 2.75) is 24.5 Å². The lowest BCUT2D eigenvalue weighted by Gasteiger charge is -2.45. The SMILES string of the molecule is NC1CCC2(COC2)OC1. The molecular formula is C7H13NO2. The minimum Gasteiger partial charge on any atom is -0.375 e. The fourth-order valence-electron chi connectivity index (χ4n) is 1.45. The van der Waals surface area contributed by atoms with Gasteiger partial charge in [-0.15, -0.1) is 0 Å². The Morgan fingerprint density at radius 3 is 2.60 bits per heavy atom. The maximum absolute atomic E-state index is 5.67. The Bertz CT molecular complexity index is 124. The number of nitrogens with two attached hydrogens (primary N) is 1. The number of hydrogen-bond acceptors (Lipinski definition) is 3. The Hall–Kier alpha value is -0.120. The van der Waals surface area contributed by atoms with Crippen molar-refractivity contribution in [3.8, 4) is 0 Å². The zero-order valence-corrected chi connectivity index (χ0v) is 6.01. The van der Waals surface area contributed by atoms with Crippen LogP contribution in [0, 0.1) is 0 Å². The minimum atomic E-state index is 0.0792. The summed E-state index contributed by atoms with van der Waals surface area (Å²) in [7, 11) is 0. The van der Waals surface area contributed by atoms with E-state index >= 15 is 0 Å². The second-order valence-corrected chi connectivity index (χ2v) is 3.29. The highest BCUT2D eigenvalue weighted by Crippen LogP contribution is 2.31. The van der Waals surface area contributed by atoms with E-state index in [1.807, 2.05) is 0 Å². The Balaban J connectivity index is 1.90. The Kier molecular flexibility index (Phi) is 1.44. The summed E-state index contributed by atoms with van der Waals surface area (Å²) in [5, 5.41) is 0. The second kappa shape index (κ2) is 2.19. The summed E-state index contributed by atoms with van der Waals surface area (Å²) in [5.41, 5.74) is 5.75. The van der Waals surface area contributed by atoms with Crippen molar-refractivity contribution < 1.29 is 9.47 Å². The maximum Gasteiger partial charge on any atom is 0.115 e. The predicted octanol–water partition coefficient (Wildman–Crippen LogP) is -0.107. The van der Waals surface area contributed by atoms with Gasteiger partial charge < -0.3 is 15.2 Å². The Labute approximate surface area is 60.5 Å². The van der Waals surface area contributed by atoms with Gasteiger partial charge in [0, 0.05) is 6.04 Å². The van der Waals surface area contributed by atoms with Crippen molar-refractivity contribution in [3.63, 3.8) is 0 Å². The summed E-state index contributed by atoms with van der Waals surface area (Å²) in [6, 6.07) is 0.256. The molecule has 10 heavy (non-hydrogen) atoms. The van der Waals surface area contributed by atoms with Gasteiger partial charge >= 0.3 is 0 Å². The molecule has 2 N–H and O–H groups in total. The van der Waals surface area contributed by atoms with E-state index in [-0.39, 0.29) is 11.6 Å². The summed E-state index contributed by atoms with van der Waals surface area (Å²) in [6.07, 6.45) is 2.16. The predicted molar refractivity (Wildman–Crippen MR) is 36.7 cm³/mol. The molecule has 1 unspecified atom stereocenters. The molecule has 0 radical (unpaired) electrons. The van der Waals surface area contributed by atoms with Crippen LogP contribution in [0.25, 0.3) is 0 Å². The van der Waals surface area contributed by atoms with Gasteiger partial charge in [0.05, 0.1) is 19.8 Å². The molecule has 1 atom stereocenters. The fourth-order valence-corrected chi connectivity index (χ4v) is 1.45. The second-order valence-electron chi connectivity index (χ2n) is 3.29.